The van der Waals surface area contributed by atoms with Gasteiger partial charge in [-0.1, -0.05) is 24.6 Å². The van der Waals surface area contributed by atoms with Crippen molar-refractivity contribution < 1.29 is 4.74 Å². The number of hydrogen-bond donors (Lipinski definition) is 1. The van der Waals surface area contributed by atoms with Gasteiger partial charge in [0.2, 0.25) is 0 Å². The number of rotatable bonds is 6. The normalized spacial score (nSPS) is 10.7. The van der Waals surface area contributed by atoms with Gasteiger partial charge in [-0.3, -0.25) is 4.68 Å². The summed E-state index contributed by atoms with van der Waals surface area (Å²) < 4.78 is 7.69. The summed E-state index contributed by atoms with van der Waals surface area (Å²) in [7, 11) is 0. The van der Waals surface area contributed by atoms with Gasteiger partial charge in [0.25, 0.3) is 0 Å². The molecule has 1 heterocycles. The molecule has 0 unspecified atom stereocenters. The Hall–Kier alpha value is -1.52. The largest absolute Gasteiger partial charge is 0.454 e. The summed E-state index contributed by atoms with van der Waals surface area (Å²) in [6.45, 7) is 6.49. The monoisotopic (exact) mass is 279 g/mol. The SMILES string of the molecule is CCNCc1c(Cl)cccc1Oc1cnn(CC)c1. The van der Waals surface area contributed by atoms with Gasteiger partial charge in [0.1, 0.15) is 5.75 Å². The summed E-state index contributed by atoms with van der Waals surface area (Å²) in [4.78, 5) is 0. The van der Waals surface area contributed by atoms with E-state index in [4.69, 9.17) is 16.3 Å². The Morgan fingerprint density at radius 3 is 2.89 bits per heavy atom. The third-order valence-corrected chi connectivity index (χ3v) is 3.14. The number of aryl methyl sites for hydroxylation is 1. The van der Waals surface area contributed by atoms with Gasteiger partial charge in [0.15, 0.2) is 5.75 Å². The van der Waals surface area contributed by atoms with Crippen LogP contribution in [0, 0.1) is 0 Å². The molecule has 102 valence electrons. The van der Waals surface area contributed by atoms with Crippen LogP contribution in [0.25, 0.3) is 0 Å². The second kappa shape index (κ2) is 6.59. The van der Waals surface area contributed by atoms with Crippen molar-refractivity contribution >= 4 is 11.6 Å². The van der Waals surface area contributed by atoms with E-state index >= 15 is 0 Å². The quantitative estimate of drug-likeness (QED) is 0.880. The molecule has 0 atom stereocenters. The highest BCUT2D eigenvalue weighted by molar-refractivity contribution is 6.31. The standard InChI is InChI=1S/C14H18ClN3O/c1-3-16-9-12-13(15)6-5-7-14(12)19-11-8-17-18(4-2)10-11/h5-8,10,16H,3-4,9H2,1-2H3. The Balaban J connectivity index is 2.21. The van der Waals surface area contributed by atoms with Crippen LogP contribution in [0.2, 0.25) is 5.02 Å². The van der Waals surface area contributed by atoms with Gasteiger partial charge in [0.05, 0.1) is 12.4 Å². The van der Waals surface area contributed by atoms with E-state index in [1.807, 2.05) is 36.0 Å². The molecule has 0 bridgehead atoms. The molecule has 0 aliphatic heterocycles. The molecule has 19 heavy (non-hydrogen) atoms. The predicted molar refractivity (Wildman–Crippen MR) is 76.8 cm³/mol. The number of aromatic nitrogens is 2. The molecule has 0 amide bonds. The number of halogens is 1. The molecule has 2 aromatic rings. The lowest BCUT2D eigenvalue weighted by Gasteiger charge is -2.11. The van der Waals surface area contributed by atoms with Crippen molar-refractivity contribution in [3.8, 4) is 11.5 Å². The number of benzene rings is 1. The van der Waals surface area contributed by atoms with Crippen LogP contribution in [0.4, 0.5) is 0 Å². The fourth-order valence-electron chi connectivity index (χ4n) is 1.75. The molecule has 0 aliphatic carbocycles. The highest BCUT2D eigenvalue weighted by Gasteiger charge is 2.09. The van der Waals surface area contributed by atoms with Crippen molar-refractivity contribution in [1.29, 1.82) is 0 Å². The van der Waals surface area contributed by atoms with E-state index in [9.17, 15) is 0 Å². The number of hydrogen-bond acceptors (Lipinski definition) is 3. The minimum absolute atomic E-state index is 0.688. The molecular weight excluding hydrogens is 262 g/mol. The Kier molecular flexibility index (Phi) is 4.82. The number of ether oxygens (including phenoxy) is 1. The average Bonchev–Trinajstić information content (AvgIpc) is 2.86. The van der Waals surface area contributed by atoms with Crippen LogP contribution < -0.4 is 10.1 Å². The minimum atomic E-state index is 0.688. The van der Waals surface area contributed by atoms with Crippen LogP contribution in [0.15, 0.2) is 30.6 Å². The molecule has 1 aromatic heterocycles. The lowest BCUT2D eigenvalue weighted by molar-refractivity contribution is 0.472. The number of nitrogens with one attached hydrogen (secondary N) is 1. The lowest BCUT2D eigenvalue weighted by atomic mass is 10.2. The zero-order valence-corrected chi connectivity index (χ0v) is 11.9. The van der Waals surface area contributed by atoms with E-state index < -0.39 is 0 Å². The molecule has 5 heteroatoms. The third kappa shape index (κ3) is 3.49. The van der Waals surface area contributed by atoms with Crippen LogP contribution in [0.3, 0.4) is 0 Å². The molecule has 0 fully saturated rings. The van der Waals surface area contributed by atoms with E-state index in [1.54, 1.807) is 6.20 Å². The molecule has 0 saturated heterocycles. The van der Waals surface area contributed by atoms with Crippen LogP contribution >= 0.6 is 11.6 Å². The van der Waals surface area contributed by atoms with Gasteiger partial charge in [0, 0.05) is 23.7 Å². The van der Waals surface area contributed by atoms with Gasteiger partial charge < -0.3 is 10.1 Å². The summed E-state index contributed by atoms with van der Waals surface area (Å²) in [6.07, 6.45) is 3.58. The molecule has 0 radical (unpaired) electrons. The molecule has 0 aliphatic rings. The predicted octanol–water partition coefficient (Wildman–Crippen LogP) is 3.46. The van der Waals surface area contributed by atoms with Gasteiger partial charge in [-0.15, -0.1) is 0 Å². The third-order valence-electron chi connectivity index (χ3n) is 2.79. The Morgan fingerprint density at radius 2 is 2.21 bits per heavy atom. The second-order valence-corrected chi connectivity index (χ2v) is 4.54. The van der Waals surface area contributed by atoms with Crippen molar-refractivity contribution in [2.75, 3.05) is 6.54 Å². The van der Waals surface area contributed by atoms with Crippen molar-refractivity contribution in [1.82, 2.24) is 15.1 Å². The molecule has 1 N–H and O–H groups in total. The molecule has 0 saturated carbocycles. The molecular formula is C14H18ClN3O. The summed E-state index contributed by atoms with van der Waals surface area (Å²) in [5, 5.41) is 8.16. The maximum atomic E-state index is 6.22. The molecule has 1 aromatic carbocycles. The van der Waals surface area contributed by atoms with E-state index in [-0.39, 0.29) is 0 Å². The number of nitrogens with zero attached hydrogens (tertiary/aromatic N) is 2. The molecule has 0 spiro atoms. The van der Waals surface area contributed by atoms with Gasteiger partial charge in [-0.05, 0) is 25.6 Å². The van der Waals surface area contributed by atoms with Gasteiger partial charge in [-0.25, -0.2) is 0 Å². The van der Waals surface area contributed by atoms with Crippen LogP contribution in [0.5, 0.6) is 11.5 Å². The van der Waals surface area contributed by atoms with E-state index in [0.717, 1.165) is 30.2 Å². The average molecular weight is 280 g/mol. The zero-order chi connectivity index (χ0) is 13.7. The van der Waals surface area contributed by atoms with Gasteiger partial charge >= 0.3 is 0 Å². The summed E-state index contributed by atoms with van der Waals surface area (Å²) >= 11 is 6.22. The highest BCUT2D eigenvalue weighted by Crippen LogP contribution is 2.30. The van der Waals surface area contributed by atoms with Crippen molar-refractivity contribution in [3.05, 3.63) is 41.2 Å². The first-order valence-corrected chi connectivity index (χ1v) is 6.80. The summed E-state index contributed by atoms with van der Waals surface area (Å²) in [5.41, 5.74) is 0.968. The van der Waals surface area contributed by atoms with Crippen molar-refractivity contribution in [2.24, 2.45) is 0 Å². The van der Waals surface area contributed by atoms with Crippen LogP contribution in [0.1, 0.15) is 19.4 Å². The first-order chi connectivity index (χ1) is 9.24. The van der Waals surface area contributed by atoms with Crippen molar-refractivity contribution in [2.45, 2.75) is 26.9 Å². The Bertz CT molecular complexity index is 539. The first-order valence-electron chi connectivity index (χ1n) is 6.43. The van der Waals surface area contributed by atoms with E-state index in [1.165, 1.54) is 0 Å². The van der Waals surface area contributed by atoms with E-state index in [2.05, 4.69) is 17.3 Å². The Morgan fingerprint density at radius 1 is 1.37 bits per heavy atom. The van der Waals surface area contributed by atoms with Crippen LogP contribution in [-0.2, 0) is 13.1 Å². The molecule has 2 rings (SSSR count). The highest BCUT2D eigenvalue weighted by atomic mass is 35.5. The minimum Gasteiger partial charge on any atom is -0.454 e. The molecule has 4 nitrogen and oxygen atoms in total. The van der Waals surface area contributed by atoms with Crippen LogP contribution in [-0.4, -0.2) is 16.3 Å². The maximum absolute atomic E-state index is 6.22. The van der Waals surface area contributed by atoms with E-state index in [0.29, 0.717) is 11.6 Å². The first kappa shape index (κ1) is 13.9. The van der Waals surface area contributed by atoms with Crippen molar-refractivity contribution in [3.63, 3.8) is 0 Å². The fraction of sp³-hybridized carbons (Fsp3) is 0.357. The smallest absolute Gasteiger partial charge is 0.165 e. The summed E-state index contributed by atoms with van der Waals surface area (Å²) in [5.74, 6) is 1.49. The zero-order valence-electron chi connectivity index (χ0n) is 11.2. The van der Waals surface area contributed by atoms with Gasteiger partial charge in [-0.2, -0.15) is 5.10 Å². The topological polar surface area (TPSA) is 39.1 Å². The maximum Gasteiger partial charge on any atom is 0.165 e. The summed E-state index contributed by atoms with van der Waals surface area (Å²) in [6, 6.07) is 5.68. The Labute approximate surface area is 118 Å². The fourth-order valence-corrected chi connectivity index (χ4v) is 1.99. The lowest BCUT2D eigenvalue weighted by Crippen LogP contribution is -2.12. The second-order valence-electron chi connectivity index (χ2n) is 4.13.